The van der Waals surface area contributed by atoms with Crippen LogP contribution in [0.15, 0.2) is 41.2 Å². The van der Waals surface area contributed by atoms with E-state index in [1.165, 1.54) is 0 Å². The first-order valence-corrected chi connectivity index (χ1v) is 5.65. The lowest BCUT2D eigenvalue weighted by Crippen LogP contribution is -2.20. The van der Waals surface area contributed by atoms with Crippen LogP contribution in [0.4, 0.5) is 0 Å². The van der Waals surface area contributed by atoms with Crippen LogP contribution in [-0.4, -0.2) is 9.36 Å². The fourth-order valence-electron chi connectivity index (χ4n) is 1.99. The Labute approximate surface area is 94.9 Å². The molecular formula is C13H16N2O. The molecule has 0 atom stereocenters. The van der Waals surface area contributed by atoms with E-state index in [0.717, 1.165) is 24.3 Å². The van der Waals surface area contributed by atoms with Gasteiger partial charge in [0.1, 0.15) is 0 Å². The normalized spacial score (nSPS) is 10.6. The lowest BCUT2D eigenvalue weighted by Gasteiger charge is -2.12. The Morgan fingerprint density at radius 1 is 1.12 bits per heavy atom. The van der Waals surface area contributed by atoms with Gasteiger partial charge in [0.05, 0.1) is 5.69 Å². The lowest BCUT2D eigenvalue weighted by molar-refractivity contribution is 0.551. The van der Waals surface area contributed by atoms with Gasteiger partial charge in [-0.1, -0.05) is 25.1 Å². The minimum Gasteiger partial charge on any atom is -0.282 e. The molecule has 1 heterocycles. The molecular weight excluding hydrogens is 200 g/mol. The highest BCUT2D eigenvalue weighted by Gasteiger charge is 2.09. The predicted octanol–water partition coefficient (Wildman–Crippen LogP) is 2.22. The molecule has 0 spiro atoms. The second-order valence-corrected chi connectivity index (χ2v) is 3.69. The number of rotatable bonds is 3. The molecule has 0 saturated heterocycles. The van der Waals surface area contributed by atoms with E-state index in [1.807, 2.05) is 35.0 Å². The number of aryl methyl sites for hydroxylation is 1. The van der Waals surface area contributed by atoms with E-state index in [4.69, 9.17) is 0 Å². The van der Waals surface area contributed by atoms with Gasteiger partial charge in [-0.05, 0) is 25.5 Å². The van der Waals surface area contributed by atoms with Crippen molar-refractivity contribution in [1.29, 1.82) is 0 Å². The van der Waals surface area contributed by atoms with Gasteiger partial charge in [-0.25, -0.2) is 4.68 Å². The monoisotopic (exact) mass is 216 g/mol. The summed E-state index contributed by atoms with van der Waals surface area (Å²) in [6, 6.07) is 11.5. The summed E-state index contributed by atoms with van der Waals surface area (Å²) in [7, 11) is 0. The molecule has 0 unspecified atom stereocenters. The number of benzene rings is 1. The first-order valence-electron chi connectivity index (χ1n) is 5.65. The van der Waals surface area contributed by atoms with Gasteiger partial charge >= 0.3 is 0 Å². The van der Waals surface area contributed by atoms with E-state index in [-0.39, 0.29) is 5.56 Å². The Balaban J connectivity index is 2.65. The smallest absolute Gasteiger partial charge is 0.271 e. The third-order valence-electron chi connectivity index (χ3n) is 2.73. The van der Waals surface area contributed by atoms with Crippen molar-refractivity contribution in [2.75, 3.05) is 0 Å². The molecule has 2 aromatic rings. The zero-order chi connectivity index (χ0) is 11.5. The second kappa shape index (κ2) is 4.39. The Morgan fingerprint density at radius 3 is 2.38 bits per heavy atom. The van der Waals surface area contributed by atoms with Crippen LogP contribution in [0.5, 0.6) is 0 Å². The maximum absolute atomic E-state index is 11.9. The van der Waals surface area contributed by atoms with Crippen molar-refractivity contribution in [3.05, 3.63) is 52.4 Å². The van der Waals surface area contributed by atoms with Gasteiger partial charge in [0, 0.05) is 18.3 Å². The molecule has 0 bridgehead atoms. The fraction of sp³-hybridized carbons (Fsp3) is 0.308. The fourth-order valence-corrected chi connectivity index (χ4v) is 1.99. The number of para-hydroxylation sites is 1. The molecule has 2 rings (SSSR count). The average Bonchev–Trinajstić information content (AvgIpc) is 2.66. The average molecular weight is 216 g/mol. The molecule has 3 nitrogen and oxygen atoms in total. The van der Waals surface area contributed by atoms with Crippen molar-refractivity contribution in [1.82, 2.24) is 9.36 Å². The summed E-state index contributed by atoms with van der Waals surface area (Å²) in [5.74, 6) is 0. The molecule has 1 aromatic heterocycles. The van der Waals surface area contributed by atoms with Crippen molar-refractivity contribution in [3.8, 4) is 5.69 Å². The minimum atomic E-state index is 0.0462. The van der Waals surface area contributed by atoms with E-state index in [0.29, 0.717) is 0 Å². The van der Waals surface area contributed by atoms with Gasteiger partial charge in [0.2, 0.25) is 0 Å². The summed E-state index contributed by atoms with van der Waals surface area (Å²) in [4.78, 5) is 11.9. The lowest BCUT2D eigenvalue weighted by atomic mass is 10.3. The van der Waals surface area contributed by atoms with Gasteiger partial charge in [-0.3, -0.25) is 9.48 Å². The van der Waals surface area contributed by atoms with E-state index in [9.17, 15) is 4.79 Å². The molecule has 0 aliphatic rings. The highest BCUT2D eigenvalue weighted by molar-refractivity contribution is 5.31. The van der Waals surface area contributed by atoms with Crippen molar-refractivity contribution < 1.29 is 0 Å². The number of aromatic nitrogens is 2. The molecule has 0 saturated carbocycles. The van der Waals surface area contributed by atoms with Gasteiger partial charge in [-0.2, -0.15) is 0 Å². The molecule has 84 valence electrons. The molecule has 0 radical (unpaired) electrons. The third kappa shape index (κ3) is 1.69. The van der Waals surface area contributed by atoms with Crippen LogP contribution in [0.1, 0.15) is 19.5 Å². The largest absolute Gasteiger partial charge is 0.282 e. The quantitative estimate of drug-likeness (QED) is 0.772. The molecule has 1 aromatic carbocycles. The zero-order valence-electron chi connectivity index (χ0n) is 9.68. The molecule has 0 amide bonds. The summed E-state index contributed by atoms with van der Waals surface area (Å²) in [6.45, 7) is 4.93. The van der Waals surface area contributed by atoms with Crippen LogP contribution in [0, 0.1) is 0 Å². The summed E-state index contributed by atoms with van der Waals surface area (Å²) < 4.78 is 3.76. The van der Waals surface area contributed by atoms with E-state index in [2.05, 4.69) is 13.8 Å². The molecule has 0 fully saturated rings. The van der Waals surface area contributed by atoms with Crippen LogP contribution in [0.25, 0.3) is 5.69 Å². The summed E-state index contributed by atoms with van der Waals surface area (Å²) in [6.07, 6.45) is 0.878. The molecule has 3 heteroatoms. The number of hydrogen-bond donors (Lipinski definition) is 0. The molecule has 16 heavy (non-hydrogen) atoms. The Hall–Kier alpha value is -1.77. The molecule has 0 aliphatic carbocycles. The van der Waals surface area contributed by atoms with Crippen LogP contribution in [0.3, 0.4) is 0 Å². The van der Waals surface area contributed by atoms with Crippen molar-refractivity contribution in [2.45, 2.75) is 26.8 Å². The van der Waals surface area contributed by atoms with E-state index in [1.54, 1.807) is 10.7 Å². The van der Waals surface area contributed by atoms with Crippen LogP contribution < -0.4 is 5.56 Å². The van der Waals surface area contributed by atoms with Gasteiger partial charge in [0.15, 0.2) is 0 Å². The number of nitrogens with zero attached hydrogens (tertiary/aromatic N) is 2. The second-order valence-electron chi connectivity index (χ2n) is 3.69. The first kappa shape index (κ1) is 10.7. The highest BCUT2D eigenvalue weighted by atomic mass is 16.1. The Bertz CT molecular complexity index is 523. The standard InChI is InChI=1S/C13H16N2O/c1-3-11-10-13(16)15(14(11)4-2)12-8-6-5-7-9-12/h5-10H,3-4H2,1-2H3. The van der Waals surface area contributed by atoms with E-state index < -0.39 is 0 Å². The van der Waals surface area contributed by atoms with Crippen LogP contribution in [0.2, 0.25) is 0 Å². The minimum absolute atomic E-state index is 0.0462. The topological polar surface area (TPSA) is 26.9 Å². The number of hydrogen-bond acceptors (Lipinski definition) is 1. The van der Waals surface area contributed by atoms with Gasteiger partial charge in [-0.15, -0.1) is 0 Å². The van der Waals surface area contributed by atoms with Crippen molar-refractivity contribution in [2.24, 2.45) is 0 Å². The zero-order valence-corrected chi connectivity index (χ0v) is 9.68. The van der Waals surface area contributed by atoms with E-state index >= 15 is 0 Å². The third-order valence-corrected chi connectivity index (χ3v) is 2.73. The Morgan fingerprint density at radius 2 is 1.81 bits per heavy atom. The van der Waals surface area contributed by atoms with Gasteiger partial charge < -0.3 is 0 Å². The Kier molecular flexibility index (Phi) is 2.95. The highest BCUT2D eigenvalue weighted by Crippen LogP contribution is 2.08. The predicted molar refractivity (Wildman–Crippen MR) is 65.1 cm³/mol. The van der Waals surface area contributed by atoms with Crippen molar-refractivity contribution >= 4 is 0 Å². The first-order chi connectivity index (χ1) is 7.77. The molecule has 0 aliphatic heterocycles. The maximum Gasteiger partial charge on any atom is 0.271 e. The maximum atomic E-state index is 11.9. The summed E-state index contributed by atoms with van der Waals surface area (Å²) in [5, 5.41) is 0. The van der Waals surface area contributed by atoms with Crippen molar-refractivity contribution in [3.63, 3.8) is 0 Å². The van der Waals surface area contributed by atoms with Crippen LogP contribution >= 0.6 is 0 Å². The SMILES string of the molecule is CCc1cc(=O)n(-c2ccccc2)n1CC. The van der Waals surface area contributed by atoms with Gasteiger partial charge in [0.25, 0.3) is 5.56 Å². The summed E-state index contributed by atoms with van der Waals surface area (Å²) in [5.41, 5.74) is 2.05. The summed E-state index contributed by atoms with van der Waals surface area (Å²) >= 11 is 0. The molecule has 0 N–H and O–H groups in total. The van der Waals surface area contributed by atoms with Crippen LogP contribution in [-0.2, 0) is 13.0 Å².